The standard InChI is InChI=1S/C21H22ClN3O2S/c1-13-7-9-24(10-8-13)21(27)18-14(2)17-19(28-18)23-12-25(20(17)26)11-15-5-3-4-6-16(15)22/h3-6,12-13H,7-11H2,1-2H3. The van der Waals surface area contributed by atoms with Crippen LogP contribution in [-0.2, 0) is 6.54 Å². The van der Waals surface area contributed by atoms with E-state index >= 15 is 0 Å². The maximum absolute atomic E-state index is 13.1. The number of amides is 1. The first-order valence-corrected chi connectivity index (χ1v) is 10.7. The van der Waals surface area contributed by atoms with E-state index < -0.39 is 0 Å². The lowest BCUT2D eigenvalue weighted by atomic mass is 9.99. The molecule has 7 heteroatoms. The smallest absolute Gasteiger partial charge is 0.264 e. The molecule has 0 N–H and O–H groups in total. The van der Waals surface area contributed by atoms with Crippen LogP contribution >= 0.6 is 22.9 Å². The molecule has 146 valence electrons. The summed E-state index contributed by atoms with van der Waals surface area (Å²) < 4.78 is 1.56. The minimum atomic E-state index is -0.134. The second-order valence-corrected chi connectivity index (χ2v) is 8.89. The molecule has 0 spiro atoms. The van der Waals surface area contributed by atoms with Crippen LogP contribution in [0.4, 0.5) is 0 Å². The van der Waals surface area contributed by atoms with Gasteiger partial charge in [0.25, 0.3) is 11.5 Å². The number of benzene rings is 1. The summed E-state index contributed by atoms with van der Waals surface area (Å²) in [6.45, 7) is 5.97. The van der Waals surface area contributed by atoms with Crippen LogP contribution in [-0.4, -0.2) is 33.4 Å². The molecule has 0 saturated carbocycles. The maximum Gasteiger partial charge on any atom is 0.264 e. The SMILES string of the molecule is Cc1c(C(=O)N2CCC(C)CC2)sc2ncn(Cc3ccccc3Cl)c(=O)c12. The Bertz CT molecular complexity index is 1100. The average Bonchev–Trinajstić information content (AvgIpc) is 3.03. The number of piperidine rings is 1. The van der Waals surface area contributed by atoms with Gasteiger partial charge in [-0.15, -0.1) is 11.3 Å². The molecule has 1 fully saturated rings. The molecule has 0 bridgehead atoms. The van der Waals surface area contributed by atoms with Gasteiger partial charge in [0.05, 0.1) is 23.1 Å². The number of rotatable bonds is 3. The number of nitrogens with zero attached hydrogens (tertiary/aromatic N) is 3. The van der Waals surface area contributed by atoms with Crippen LogP contribution in [0.3, 0.4) is 0 Å². The van der Waals surface area contributed by atoms with Crippen LogP contribution in [0.25, 0.3) is 10.2 Å². The number of carbonyl (C=O) groups excluding carboxylic acids is 1. The molecule has 0 atom stereocenters. The average molecular weight is 416 g/mol. The first kappa shape index (κ1) is 19.2. The molecule has 28 heavy (non-hydrogen) atoms. The third-order valence-electron chi connectivity index (χ3n) is 5.48. The quantitative estimate of drug-likeness (QED) is 0.639. The first-order valence-electron chi connectivity index (χ1n) is 9.47. The molecule has 4 rings (SSSR count). The van der Waals surface area contributed by atoms with Crippen molar-refractivity contribution >= 4 is 39.1 Å². The monoisotopic (exact) mass is 415 g/mol. The summed E-state index contributed by atoms with van der Waals surface area (Å²) >= 11 is 7.55. The van der Waals surface area contributed by atoms with Gasteiger partial charge in [0.2, 0.25) is 0 Å². The van der Waals surface area contributed by atoms with Crippen molar-refractivity contribution in [1.82, 2.24) is 14.5 Å². The van der Waals surface area contributed by atoms with E-state index in [1.807, 2.05) is 30.0 Å². The van der Waals surface area contributed by atoms with Gasteiger partial charge in [0.15, 0.2) is 0 Å². The van der Waals surface area contributed by atoms with Crippen molar-refractivity contribution < 1.29 is 4.79 Å². The van der Waals surface area contributed by atoms with Gasteiger partial charge < -0.3 is 4.90 Å². The lowest BCUT2D eigenvalue weighted by Crippen LogP contribution is -2.37. The van der Waals surface area contributed by atoms with Crippen molar-refractivity contribution in [2.75, 3.05) is 13.1 Å². The van der Waals surface area contributed by atoms with Crippen LogP contribution in [0.5, 0.6) is 0 Å². The highest BCUT2D eigenvalue weighted by Crippen LogP contribution is 2.29. The predicted molar refractivity (Wildman–Crippen MR) is 113 cm³/mol. The molecule has 2 aromatic heterocycles. The van der Waals surface area contributed by atoms with Crippen molar-refractivity contribution in [3.8, 4) is 0 Å². The van der Waals surface area contributed by atoms with Crippen LogP contribution in [0.15, 0.2) is 35.4 Å². The lowest BCUT2D eigenvalue weighted by Gasteiger charge is -2.30. The number of carbonyl (C=O) groups is 1. The number of fused-ring (bicyclic) bond motifs is 1. The zero-order valence-corrected chi connectivity index (χ0v) is 17.5. The summed E-state index contributed by atoms with van der Waals surface area (Å²) in [6.07, 6.45) is 3.60. The normalized spacial score (nSPS) is 15.3. The molecular weight excluding hydrogens is 394 g/mol. The van der Waals surface area contributed by atoms with Gasteiger partial charge in [0, 0.05) is 18.1 Å². The predicted octanol–water partition coefficient (Wildman–Crippen LogP) is 4.34. The summed E-state index contributed by atoms with van der Waals surface area (Å²) in [6, 6.07) is 7.45. The second-order valence-electron chi connectivity index (χ2n) is 7.48. The lowest BCUT2D eigenvalue weighted by molar-refractivity contribution is 0.0701. The van der Waals surface area contributed by atoms with Crippen molar-refractivity contribution in [1.29, 1.82) is 0 Å². The van der Waals surface area contributed by atoms with E-state index in [0.29, 0.717) is 32.6 Å². The fourth-order valence-corrected chi connectivity index (χ4v) is 4.94. The zero-order valence-electron chi connectivity index (χ0n) is 15.9. The van der Waals surface area contributed by atoms with Gasteiger partial charge in [-0.1, -0.05) is 36.7 Å². The second kappa shape index (κ2) is 7.68. The van der Waals surface area contributed by atoms with Crippen molar-refractivity contribution in [2.45, 2.75) is 33.2 Å². The largest absolute Gasteiger partial charge is 0.338 e. The Kier molecular flexibility index (Phi) is 5.25. The highest BCUT2D eigenvalue weighted by molar-refractivity contribution is 7.20. The van der Waals surface area contributed by atoms with Crippen molar-refractivity contribution in [2.24, 2.45) is 5.92 Å². The minimum Gasteiger partial charge on any atom is -0.338 e. The summed E-state index contributed by atoms with van der Waals surface area (Å²) in [5.74, 6) is 0.677. The Hall–Kier alpha value is -2.18. The molecule has 1 aromatic carbocycles. The molecule has 0 unspecified atom stereocenters. The fourth-order valence-electron chi connectivity index (χ4n) is 3.64. The van der Waals surface area contributed by atoms with E-state index in [9.17, 15) is 9.59 Å². The third kappa shape index (κ3) is 3.47. The molecule has 1 amide bonds. The van der Waals surface area contributed by atoms with E-state index in [0.717, 1.165) is 37.1 Å². The van der Waals surface area contributed by atoms with Crippen LogP contribution in [0, 0.1) is 12.8 Å². The Morgan fingerprint density at radius 2 is 2.00 bits per heavy atom. The van der Waals surface area contributed by atoms with Gasteiger partial charge in [-0.3, -0.25) is 14.2 Å². The summed E-state index contributed by atoms with van der Waals surface area (Å²) in [4.78, 5) is 33.7. The number of hydrogen-bond donors (Lipinski definition) is 0. The van der Waals surface area contributed by atoms with E-state index in [4.69, 9.17) is 11.6 Å². The van der Waals surface area contributed by atoms with Crippen molar-refractivity contribution in [3.05, 3.63) is 62.0 Å². The van der Waals surface area contributed by atoms with Crippen molar-refractivity contribution in [3.63, 3.8) is 0 Å². The number of thiophene rings is 1. The highest BCUT2D eigenvalue weighted by atomic mass is 35.5. The van der Waals surface area contributed by atoms with Crippen LogP contribution < -0.4 is 5.56 Å². The molecule has 5 nitrogen and oxygen atoms in total. The number of hydrogen-bond acceptors (Lipinski definition) is 4. The molecule has 1 saturated heterocycles. The topological polar surface area (TPSA) is 55.2 Å². The third-order valence-corrected chi connectivity index (χ3v) is 7.04. The molecule has 3 heterocycles. The molecule has 0 aliphatic carbocycles. The van der Waals surface area contributed by atoms with Crippen LogP contribution in [0.2, 0.25) is 5.02 Å². The molecular formula is C21H22ClN3O2S. The van der Waals surface area contributed by atoms with E-state index in [2.05, 4.69) is 11.9 Å². The summed E-state index contributed by atoms with van der Waals surface area (Å²) in [5, 5.41) is 1.15. The summed E-state index contributed by atoms with van der Waals surface area (Å²) in [5.41, 5.74) is 1.46. The minimum absolute atomic E-state index is 0.0180. The molecule has 3 aromatic rings. The fraction of sp³-hybridized carbons (Fsp3) is 0.381. The Labute approximate surface area is 172 Å². The Balaban J connectivity index is 1.69. The first-order chi connectivity index (χ1) is 13.5. The maximum atomic E-state index is 13.1. The zero-order chi connectivity index (χ0) is 19.8. The number of aryl methyl sites for hydroxylation is 1. The van der Waals surface area contributed by atoms with Crippen LogP contribution in [0.1, 0.15) is 40.6 Å². The Morgan fingerprint density at radius 1 is 1.29 bits per heavy atom. The van der Waals surface area contributed by atoms with Gasteiger partial charge in [0.1, 0.15) is 4.83 Å². The number of halogens is 1. The van der Waals surface area contributed by atoms with E-state index in [-0.39, 0.29) is 11.5 Å². The number of aromatic nitrogens is 2. The number of likely N-dealkylation sites (tertiary alicyclic amines) is 1. The van der Waals surface area contributed by atoms with Gasteiger partial charge in [-0.05, 0) is 42.9 Å². The summed E-state index contributed by atoms with van der Waals surface area (Å²) in [7, 11) is 0. The van der Waals surface area contributed by atoms with E-state index in [1.165, 1.54) is 11.3 Å². The van der Waals surface area contributed by atoms with Gasteiger partial charge in [-0.2, -0.15) is 0 Å². The van der Waals surface area contributed by atoms with E-state index in [1.54, 1.807) is 17.0 Å². The Morgan fingerprint density at radius 3 is 2.71 bits per heavy atom. The highest BCUT2D eigenvalue weighted by Gasteiger charge is 2.26. The molecule has 0 radical (unpaired) electrons. The molecule has 1 aliphatic heterocycles. The molecule has 1 aliphatic rings. The van der Waals surface area contributed by atoms with Gasteiger partial charge >= 0.3 is 0 Å². The van der Waals surface area contributed by atoms with Gasteiger partial charge in [-0.25, -0.2) is 4.98 Å².